The zero-order chi connectivity index (χ0) is 22.8. The van der Waals surface area contributed by atoms with E-state index in [0.717, 1.165) is 23.6 Å². The molecule has 2 aromatic carbocycles. The SMILES string of the molecule is COc1ccc(N2CCN(C(=O)C3CC(=O)N(c4ccc(F)c([N+](=O)[O-])c4)C3)CC2)cc1. The van der Waals surface area contributed by atoms with Crippen LogP contribution in [-0.2, 0) is 9.59 Å². The van der Waals surface area contributed by atoms with Crippen LogP contribution in [0.2, 0.25) is 0 Å². The fourth-order valence-corrected chi connectivity index (χ4v) is 4.17. The van der Waals surface area contributed by atoms with Crippen LogP contribution in [0.15, 0.2) is 42.5 Å². The normalized spacial score (nSPS) is 18.8. The summed E-state index contributed by atoms with van der Waals surface area (Å²) >= 11 is 0. The molecule has 32 heavy (non-hydrogen) atoms. The van der Waals surface area contributed by atoms with E-state index in [1.165, 1.54) is 11.0 Å². The molecule has 0 radical (unpaired) electrons. The third kappa shape index (κ3) is 4.20. The summed E-state index contributed by atoms with van der Waals surface area (Å²) in [5.74, 6) is -1.12. The zero-order valence-corrected chi connectivity index (χ0v) is 17.6. The van der Waals surface area contributed by atoms with Crippen LogP contribution in [-0.4, -0.2) is 61.5 Å². The molecule has 168 valence electrons. The highest BCUT2D eigenvalue weighted by Crippen LogP contribution is 2.30. The maximum Gasteiger partial charge on any atom is 0.306 e. The third-order valence-corrected chi connectivity index (χ3v) is 5.94. The number of nitrogens with zero attached hydrogens (tertiary/aromatic N) is 4. The van der Waals surface area contributed by atoms with Gasteiger partial charge in [0.15, 0.2) is 0 Å². The van der Waals surface area contributed by atoms with Crippen LogP contribution in [0.3, 0.4) is 0 Å². The summed E-state index contributed by atoms with van der Waals surface area (Å²) in [6.45, 7) is 2.55. The van der Waals surface area contributed by atoms with Crippen molar-refractivity contribution in [3.05, 3.63) is 58.4 Å². The van der Waals surface area contributed by atoms with Crippen LogP contribution < -0.4 is 14.5 Å². The van der Waals surface area contributed by atoms with E-state index in [1.54, 1.807) is 12.0 Å². The van der Waals surface area contributed by atoms with Gasteiger partial charge < -0.3 is 19.4 Å². The quantitative estimate of drug-likeness (QED) is 0.521. The number of nitro benzene ring substituents is 1. The van der Waals surface area contributed by atoms with E-state index in [1.807, 2.05) is 24.3 Å². The molecule has 2 aliphatic heterocycles. The maximum absolute atomic E-state index is 13.6. The van der Waals surface area contributed by atoms with Crippen molar-refractivity contribution in [3.63, 3.8) is 0 Å². The minimum atomic E-state index is -0.965. The lowest BCUT2D eigenvalue weighted by Crippen LogP contribution is -2.50. The van der Waals surface area contributed by atoms with Crippen LogP contribution in [0, 0.1) is 21.8 Å². The van der Waals surface area contributed by atoms with E-state index < -0.39 is 22.3 Å². The Morgan fingerprint density at radius 3 is 2.38 bits per heavy atom. The molecule has 1 atom stereocenters. The van der Waals surface area contributed by atoms with Gasteiger partial charge in [0.25, 0.3) is 0 Å². The number of hydrogen-bond donors (Lipinski definition) is 0. The molecule has 2 saturated heterocycles. The number of rotatable bonds is 5. The first kappa shape index (κ1) is 21.5. The molecule has 9 nitrogen and oxygen atoms in total. The Balaban J connectivity index is 1.38. The molecule has 0 aliphatic carbocycles. The fraction of sp³-hybridized carbons (Fsp3) is 0.364. The molecule has 2 aromatic rings. The fourth-order valence-electron chi connectivity index (χ4n) is 4.17. The van der Waals surface area contributed by atoms with E-state index >= 15 is 0 Å². The molecule has 1 unspecified atom stereocenters. The Kier molecular flexibility index (Phi) is 5.93. The first-order valence-electron chi connectivity index (χ1n) is 10.3. The van der Waals surface area contributed by atoms with E-state index in [2.05, 4.69) is 4.90 Å². The van der Waals surface area contributed by atoms with Crippen molar-refractivity contribution in [1.82, 2.24) is 4.90 Å². The van der Waals surface area contributed by atoms with Gasteiger partial charge >= 0.3 is 5.69 Å². The topological polar surface area (TPSA) is 96.2 Å². The second-order valence-corrected chi connectivity index (χ2v) is 7.81. The number of benzene rings is 2. The predicted octanol–water partition coefficient (Wildman–Crippen LogP) is 2.44. The number of piperazine rings is 1. The highest BCUT2D eigenvalue weighted by molar-refractivity contribution is 6.00. The van der Waals surface area contributed by atoms with Crippen LogP contribution >= 0.6 is 0 Å². The number of hydrogen-bond acceptors (Lipinski definition) is 6. The molecule has 0 N–H and O–H groups in total. The highest BCUT2D eigenvalue weighted by Gasteiger charge is 2.38. The molecule has 0 aromatic heterocycles. The second kappa shape index (κ2) is 8.81. The molecule has 2 amide bonds. The molecular weight excluding hydrogens is 419 g/mol. The number of amides is 2. The Labute approximate surface area is 184 Å². The lowest BCUT2D eigenvalue weighted by atomic mass is 10.1. The summed E-state index contributed by atoms with van der Waals surface area (Å²) < 4.78 is 18.8. The third-order valence-electron chi connectivity index (χ3n) is 5.94. The van der Waals surface area contributed by atoms with Crippen LogP contribution in [0.4, 0.5) is 21.5 Å². The van der Waals surface area contributed by atoms with Gasteiger partial charge in [-0.25, -0.2) is 0 Å². The number of ether oxygens (including phenoxy) is 1. The average Bonchev–Trinajstić information content (AvgIpc) is 3.20. The smallest absolute Gasteiger partial charge is 0.306 e. The molecule has 10 heteroatoms. The van der Waals surface area contributed by atoms with Crippen LogP contribution in [0.1, 0.15) is 6.42 Å². The molecular formula is C22H23FN4O5. The van der Waals surface area contributed by atoms with Gasteiger partial charge in [-0.05, 0) is 36.4 Å². The monoisotopic (exact) mass is 442 g/mol. The molecule has 2 fully saturated rings. The Morgan fingerprint density at radius 1 is 1.09 bits per heavy atom. The standard InChI is InChI=1S/C22H23FN4O5/c1-32-18-5-2-16(3-6-18)24-8-10-25(11-9-24)22(29)15-12-21(28)26(14-15)17-4-7-19(23)20(13-17)27(30)31/h2-7,13,15H,8-12,14H2,1H3. The van der Waals surface area contributed by atoms with Crippen molar-refractivity contribution in [3.8, 4) is 5.75 Å². The van der Waals surface area contributed by atoms with Crippen molar-refractivity contribution in [1.29, 1.82) is 0 Å². The van der Waals surface area contributed by atoms with Gasteiger partial charge in [-0.3, -0.25) is 19.7 Å². The summed E-state index contributed by atoms with van der Waals surface area (Å²) in [5, 5.41) is 11.0. The molecule has 2 heterocycles. The van der Waals surface area contributed by atoms with Gasteiger partial charge in [-0.1, -0.05) is 0 Å². The second-order valence-electron chi connectivity index (χ2n) is 7.81. The Morgan fingerprint density at radius 2 is 1.75 bits per heavy atom. The van der Waals surface area contributed by atoms with Crippen molar-refractivity contribution < 1.29 is 23.6 Å². The van der Waals surface area contributed by atoms with Crippen molar-refractivity contribution in [2.75, 3.05) is 49.6 Å². The number of methoxy groups -OCH3 is 1. The lowest BCUT2D eigenvalue weighted by Gasteiger charge is -2.37. The van der Waals surface area contributed by atoms with Gasteiger partial charge in [0.1, 0.15) is 5.75 Å². The van der Waals surface area contributed by atoms with Gasteiger partial charge in [0.2, 0.25) is 17.6 Å². The number of carbonyl (C=O) groups is 2. The zero-order valence-electron chi connectivity index (χ0n) is 17.6. The maximum atomic E-state index is 13.6. The first-order chi connectivity index (χ1) is 15.4. The summed E-state index contributed by atoms with van der Waals surface area (Å²) in [6, 6.07) is 11.1. The van der Waals surface area contributed by atoms with Gasteiger partial charge in [0, 0.05) is 50.9 Å². The van der Waals surface area contributed by atoms with Crippen LogP contribution in [0.5, 0.6) is 5.75 Å². The van der Waals surface area contributed by atoms with E-state index in [-0.39, 0.29) is 30.5 Å². The summed E-state index contributed by atoms with van der Waals surface area (Å²) in [5.41, 5.74) is 0.584. The summed E-state index contributed by atoms with van der Waals surface area (Å²) in [4.78, 5) is 41.0. The van der Waals surface area contributed by atoms with Crippen molar-refractivity contribution >= 4 is 28.9 Å². The lowest BCUT2D eigenvalue weighted by molar-refractivity contribution is -0.387. The van der Waals surface area contributed by atoms with Crippen molar-refractivity contribution in [2.45, 2.75) is 6.42 Å². The van der Waals surface area contributed by atoms with Gasteiger partial charge in [-0.15, -0.1) is 0 Å². The first-order valence-corrected chi connectivity index (χ1v) is 10.3. The van der Waals surface area contributed by atoms with Gasteiger partial charge in [0.05, 0.1) is 23.6 Å². The summed E-state index contributed by atoms with van der Waals surface area (Å²) in [6.07, 6.45) is 0.0305. The van der Waals surface area contributed by atoms with E-state index in [0.29, 0.717) is 26.2 Å². The molecule has 0 saturated carbocycles. The number of carbonyl (C=O) groups excluding carboxylic acids is 2. The van der Waals surface area contributed by atoms with E-state index in [4.69, 9.17) is 4.74 Å². The summed E-state index contributed by atoms with van der Waals surface area (Å²) in [7, 11) is 1.62. The van der Waals surface area contributed by atoms with Crippen molar-refractivity contribution in [2.24, 2.45) is 5.92 Å². The molecule has 2 aliphatic rings. The van der Waals surface area contributed by atoms with E-state index in [9.17, 15) is 24.1 Å². The number of anilines is 2. The molecule has 4 rings (SSSR count). The minimum Gasteiger partial charge on any atom is -0.497 e. The number of halogens is 1. The highest BCUT2D eigenvalue weighted by atomic mass is 19.1. The van der Waals surface area contributed by atoms with Crippen LogP contribution in [0.25, 0.3) is 0 Å². The molecule has 0 spiro atoms. The van der Waals surface area contributed by atoms with Gasteiger partial charge in [-0.2, -0.15) is 4.39 Å². The Hall–Kier alpha value is -3.69. The minimum absolute atomic E-state index is 0.0305. The predicted molar refractivity (Wildman–Crippen MR) is 115 cm³/mol. The Bertz CT molecular complexity index is 1040. The number of nitro groups is 1. The largest absolute Gasteiger partial charge is 0.497 e. The molecule has 0 bridgehead atoms. The average molecular weight is 442 g/mol.